The first-order chi connectivity index (χ1) is 11.1. The summed E-state index contributed by atoms with van der Waals surface area (Å²) in [6.45, 7) is 6.28. The molecule has 1 aromatic carbocycles. The van der Waals surface area contributed by atoms with Gasteiger partial charge in [0.2, 0.25) is 5.91 Å². The largest absolute Gasteiger partial charge is 0.339 e. The van der Waals surface area contributed by atoms with Crippen LogP contribution in [0.15, 0.2) is 24.3 Å². The zero-order chi connectivity index (χ0) is 16.4. The van der Waals surface area contributed by atoms with E-state index < -0.39 is 0 Å². The third-order valence-electron chi connectivity index (χ3n) is 4.88. The van der Waals surface area contributed by atoms with Crippen molar-refractivity contribution in [1.29, 1.82) is 0 Å². The number of halogens is 1. The Hall–Kier alpha value is -1.59. The Kier molecular flexibility index (Phi) is 4.87. The minimum Gasteiger partial charge on any atom is -0.339 e. The van der Waals surface area contributed by atoms with Crippen LogP contribution in [0.3, 0.4) is 0 Å². The molecule has 0 spiro atoms. The highest BCUT2D eigenvalue weighted by Gasteiger charge is 2.33. The number of piperazine rings is 1. The van der Waals surface area contributed by atoms with Crippen LogP contribution in [0.4, 0.5) is 0 Å². The van der Waals surface area contributed by atoms with Gasteiger partial charge in [0, 0.05) is 42.7 Å². The van der Waals surface area contributed by atoms with Gasteiger partial charge in [0.05, 0.1) is 0 Å². The minimum absolute atomic E-state index is 0.00464. The summed E-state index contributed by atoms with van der Waals surface area (Å²) in [4.78, 5) is 28.7. The molecule has 5 nitrogen and oxygen atoms in total. The molecule has 1 unspecified atom stereocenters. The van der Waals surface area contributed by atoms with Crippen LogP contribution in [-0.4, -0.2) is 60.9 Å². The SMILES string of the molecule is CC(C(=O)N1CCN(C(=O)c2ccc(Cl)cc2)CC1)C1CNC1. The number of amides is 2. The fourth-order valence-electron chi connectivity index (χ4n) is 3.06. The lowest BCUT2D eigenvalue weighted by atomic mass is 9.88. The molecule has 3 rings (SSSR count). The molecule has 2 saturated heterocycles. The van der Waals surface area contributed by atoms with E-state index in [4.69, 9.17) is 11.6 Å². The topological polar surface area (TPSA) is 52.7 Å². The molecule has 0 aromatic heterocycles. The van der Waals surface area contributed by atoms with Crippen molar-refractivity contribution in [1.82, 2.24) is 15.1 Å². The molecule has 2 amide bonds. The molecule has 1 N–H and O–H groups in total. The number of rotatable bonds is 3. The first-order valence-corrected chi connectivity index (χ1v) is 8.48. The lowest BCUT2D eigenvalue weighted by molar-refractivity contribution is -0.138. The smallest absolute Gasteiger partial charge is 0.253 e. The summed E-state index contributed by atoms with van der Waals surface area (Å²) in [5.74, 6) is 0.742. The van der Waals surface area contributed by atoms with Crippen LogP contribution in [0.2, 0.25) is 5.02 Å². The average Bonchev–Trinajstić information content (AvgIpc) is 2.53. The van der Waals surface area contributed by atoms with Crippen LogP contribution in [0.1, 0.15) is 17.3 Å². The second kappa shape index (κ2) is 6.89. The summed E-state index contributed by atoms with van der Waals surface area (Å²) >= 11 is 5.85. The fourth-order valence-corrected chi connectivity index (χ4v) is 3.19. The third kappa shape index (κ3) is 3.51. The molecular weight excluding hydrogens is 314 g/mol. The number of nitrogens with one attached hydrogen (secondary N) is 1. The van der Waals surface area contributed by atoms with Gasteiger partial charge in [-0.2, -0.15) is 0 Å². The number of carbonyl (C=O) groups is 2. The Balaban J connectivity index is 1.54. The zero-order valence-corrected chi connectivity index (χ0v) is 14.1. The van der Waals surface area contributed by atoms with Crippen molar-refractivity contribution in [3.05, 3.63) is 34.9 Å². The molecule has 2 aliphatic rings. The van der Waals surface area contributed by atoms with Gasteiger partial charge in [-0.15, -0.1) is 0 Å². The van der Waals surface area contributed by atoms with E-state index in [0.29, 0.717) is 42.7 Å². The van der Waals surface area contributed by atoms with E-state index in [-0.39, 0.29) is 17.7 Å². The first kappa shape index (κ1) is 16.3. The van der Waals surface area contributed by atoms with E-state index in [9.17, 15) is 9.59 Å². The van der Waals surface area contributed by atoms with E-state index in [1.54, 1.807) is 24.3 Å². The van der Waals surface area contributed by atoms with Crippen molar-refractivity contribution in [3.8, 4) is 0 Å². The molecule has 1 aromatic rings. The summed E-state index contributed by atoms with van der Waals surface area (Å²) in [6, 6.07) is 6.94. The van der Waals surface area contributed by atoms with Crippen LogP contribution in [-0.2, 0) is 4.79 Å². The maximum atomic E-state index is 12.5. The van der Waals surface area contributed by atoms with Gasteiger partial charge >= 0.3 is 0 Å². The van der Waals surface area contributed by atoms with E-state index in [1.165, 1.54) is 0 Å². The average molecular weight is 336 g/mol. The Bertz CT molecular complexity index is 578. The second-order valence-corrected chi connectivity index (χ2v) is 6.77. The summed E-state index contributed by atoms with van der Waals surface area (Å²) in [5, 5.41) is 3.83. The molecule has 2 aliphatic heterocycles. The van der Waals surface area contributed by atoms with Gasteiger partial charge in [-0.05, 0) is 43.3 Å². The van der Waals surface area contributed by atoms with Gasteiger partial charge in [-0.1, -0.05) is 18.5 Å². The van der Waals surface area contributed by atoms with Gasteiger partial charge in [0.1, 0.15) is 0 Å². The van der Waals surface area contributed by atoms with E-state index in [0.717, 1.165) is 13.1 Å². The van der Waals surface area contributed by atoms with Crippen molar-refractivity contribution in [2.75, 3.05) is 39.3 Å². The summed E-state index contributed by atoms with van der Waals surface area (Å²) in [6.07, 6.45) is 0. The number of benzene rings is 1. The maximum absolute atomic E-state index is 12.5. The molecule has 2 heterocycles. The van der Waals surface area contributed by atoms with Crippen LogP contribution in [0, 0.1) is 11.8 Å². The molecule has 2 fully saturated rings. The van der Waals surface area contributed by atoms with Gasteiger partial charge in [0.25, 0.3) is 5.91 Å². The van der Waals surface area contributed by atoms with Crippen molar-refractivity contribution in [2.24, 2.45) is 11.8 Å². The Morgan fingerprint density at radius 2 is 1.65 bits per heavy atom. The van der Waals surface area contributed by atoms with Crippen LogP contribution >= 0.6 is 11.6 Å². The van der Waals surface area contributed by atoms with Gasteiger partial charge in [-0.3, -0.25) is 9.59 Å². The molecule has 124 valence electrons. The van der Waals surface area contributed by atoms with Crippen LogP contribution in [0.25, 0.3) is 0 Å². The minimum atomic E-state index is 0.00464. The molecule has 1 atom stereocenters. The standard InChI is InChI=1S/C17H22ClN3O2/c1-12(14-10-19-11-14)16(22)20-6-8-21(9-7-20)17(23)13-2-4-15(18)5-3-13/h2-5,12,14,19H,6-11H2,1H3. The van der Waals surface area contributed by atoms with Gasteiger partial charge < -0.3 is 15.1 Å². The molecule has 0 aliphatic carbocycles. The monoisotopic (exact) mass is 335 g/mol. The van der Waals surface area contributed by atoms with E-state index >= 15 is 0 Å². The summed E-state index contributed by atoms with van der Waals surface area (Å²) in [5.41, 5.74) is 0.642. The first-order valence-electron chi connectivity index (χ1n) is 8.10. The molecule has 0 saturated carbocycles. The summed E-state index contributed by atoms with van der Waals surface area (Å²) < 4.78 is 0. The fraction of sp³-hybridized carbons (Fsp3) is 0.529. The van der Waals surface area contributed by atoms with Crippen molar-refractivity contribution in [2.45, 2.75) is 6.92 Å². The molecular formula is C17H22ClN3O2. The molecule has 6 heteroatoms. The van der Waals surface area contributed by atoms with E-state index in [2.05, 4.69) is 5.32 Å². The number of nitrogens with zero attached hydrogens (tertiary/aromatic N) is 2. The highest BCUT2D eigenvalue weighted by atomic mass is 35.5. The quantitative estimate of drug-likeness (QED) is 0.910. The molecule has 0 radical (unpaired) electrons. The number of hydrogen-bond acceptors (Lipinski definition) is 3. The van der Waals surface area contributed by atoms with Crippen molar-refractivity contribution >= 4 is 23.4 Å². The number of hydrogen-bond donors (Lipinski definition) is 1. The third-order valence-corrected chi connectivity index (χ3v) is 5.13. The van der Waals surface area contributed by atoms with Crippen LogP contribution < -0.4 is 5.32 Å². The number of carbonyl (C=O) groups excluding carboxylic acids is 2. The highest BCUT2D eigenvalue weighted by molar-refractivity contribution is 6.30. The maximum Gasteiger partial charge on any atom is 0.253 e. The normalized spacial score (nSPS) is 20.1. The van der Waals surface area contributed by atoms with Crippen molar-refractivity contribution < 1.29 is 9.59 Å². The zero-order valence-electron chi connectivity index (χ0n) is 13.3. The van der Waals surface area contributed by atoms with E-state index in [1.807, 2.05) is 16.7 Å². The lowest BCUT2D eigenvalue weighted by Crippen LogP contribution is -2.55. The van der Waals surface area contributed by atoms with Crippen LogP contribution in [0.5, 0.6) is 0 Å². The lowest BCUT2D eigenvalue weighted by Gasteiger charge is -2.39. The highest BCUT2D eigenvalue weighted by Crippen LogP contribution is 2.20. The Labute approximate surface area is 141 Å². The molecule has 23 heavy (non-hydrogen) atoms. The van der Waals surface area contributed by atoms with Crippen molar-refractivity contribution in [3.63, 3.8) is 0 Å². The Morgan fingerprint density at radius 1 is 1.09 bits per heavy atom. The predicted octanol–water partition coefficient (Wildman–Crippen LogP) is 1.48. The summed E-state index contributed by atoms with van der Waals surface area (Å²) in [7, 11) is 0. The predicted molar refractivity (Wildman–Crippen MR) is 89.5 cm³/mol. The van der Waals surface area contributed by atoms with Gasteiger partial charge in [0.15, 0.2) is 0 Å². The van der Waals surface area contributed by atoms with Gasteiger partial charge in [-0.25, -0.2) is 0 Å². The Morgan fingerprint density at radius 3 is 2.17 bits per heavy atom. The second-order valence-electron chi connectivity index (χ2n) is 6.33. The molecule has 0 bridgehead atoms.